The third-order valence-electron chi connectivity index (χ3n) is 3.91. The van der Waals surface area contributed by atoms with E-state index in [-0.39, 0.29) is 6.42 Å². The van der Waals surface area contributed by atoms with Crippen LogP contribution < -0.4 is 27.4 Å². The first kappa shape index (κ1) is 25.7. The SMILES string of the molecule is CC(NC(=O)C(CCCCN)NC(=O)C(N)CO)C(=O)NC(C(=O)O)C(C)O. The van der Waals surface area contributed by atoms with Gasteiger partial charge in [-0.05, 0) is 39.7 Å². The van der Waals surface area contributed by atoms with Crippen LogP contribution in [0.15, 0.2) is 0 Å². The van der Waals surface area contributed by atoms with Crippen LogP contribution in [0.3, 0.4) is 0 Å². The van der Waals surface area contributed by atoms with Crippen molar-refractivity contribution in [1.82, 2.24) is 16.0 Å². The minimum atomic E-state index is -1.53. The van der Waals surface area contributed by atoms with Gasteiger partial charge in [-0.15, -0.1) is 0 Å². The summed E-state index contributed by atoms with van der Waals surface area (Å²) in [5.41, 5.74) is 10.8. The number of aliphatic hydroxyl groups excluding tert-OH is 2. The van der Waals surface area contributed by atoms with Crippen LogP contribution in [0.25, 0.3) is 0 Å². The lowest BCUT2D eigenvalue weighted by molar-refractivity contribution is -0.145. The molecule has 0 aliphatic heterocycles. The number of carboxylic acids is 1. The van der Waals surface area contributed by atoms with Gasteiger partial charge in [0.1, 0.15) is 18.1 Å². The molecule has 10 N–H and O–H groups in total. The third kappa shape index (κ3) is 9.08. The number of carbonyl (C=O) groups excluding carboxylic acids is 3. The molecule has 0 aromatic heterocycles. The highest BCUT2D eigenvalue weighted by atomic mass is 16.4. The maximum Gasteiger partial charge on any atom is 0.328 e. The van der Waals surface area contributed by atoms with Crippen molar-refractivity contribution in [2.45, 2.75) is 63.4 Å². The van der Waals surface area contributed by atoms with Gasteiger partial charge >= 0.3 is 5.97 Å². The van der Waals surface area contributed by atoms with Crippen LogP contribution in [-0.2, 0) is 19.2 Å². The van der Waals surface area contributed by atoms with E-state index in [4.69, 9.17) is 21.7 Å². The summed E-state index contributed by atoms with van der Waals surface area (Å²) in [5, 5.41) is 34.2. The van der Waals surface area contributed by atoms with Gasteiger partial charge in [-0.2, -0.15) is 0 Å². The fourth-order valence-corrected chi connectivity index (χ4v) is 2.17. The maximum atomic E-state index is 12.4. The minimum Gasteiger partial charge on any atom is -0.480 e. The summed E-state index contributed by atoms with van der Waals surface area (Å²) in [4.78, 5) is 47.4. The topological polar surface area (TPSA) is 217 Å². The van der Waals surface area contributed by atoms with Gasteiger partial charge in [0.25, 0.3) is 0 Å². The number of amides is 3. The summed E-state index contributed by atoms with van der Waals surface area (Å²) >= 11 is 0. The highest BCUT2D eigenvalue weighted by Crippen LogP contribution is 2.03. The number of hydrogen-bond donors (Lipinski definition) is 8. The monoisotopic (exact) mass is 405 g/mol. The molecule has 12 nitrogen and oxygen atoms in total. The second-order valence-electron chi connectivity index (χ2n) is 6.43. The van der Waals surface area contributed by atoms with Gasteiger partial charge < -0.3 is 42.7 Å². The van der Waals surface area contributed by atoms with E-state index in [1.54, 1.807) is 0 Å². The van der Waals surface area contributed by atoms with E-state index in [2.05, 4.69) is 16.0 Å². The highest BCUT2D eigenvalue weighted by molar-refractivity contribution is 5.93. The van der Waals surface area contributed by atoms with Gasteiger partial charge in [-0.1, -0.05) is 0 Å². The minimum absolute atomic E-state index is 0.229. The number of rotatable bonds is 13. The van der Waals surface area contributed by atoms with Crippen molar-refractivity contribution in [3.63, 3.8) is 0 Å². The van der Waals surface area contributed by atoms with E-state index in [0.717, 1.165) is 0 Å². The molecule has 0 aliphatic rings. The lowest BCUT2D eigenvalue weighted by atomic mass is 10.1. The van der Waals surface area contributed by atoms with Crippen LogP contribution in [0.2, 0.25) is 0 Å². The number of carboxylic acid groups (broad SMARTS) is 1. The number of nitrogens with two attached hydrogens (primary N) is 2. The Morgan fingerprint density at radius 2 is 1.57 bits per heavy atom. The Morgan fingerprint density at radius 3 is 2.04 bits per heavy atom. The molecular weight excluding hydrogens is 374 g/mol. The molecular formula is C16H31N5O7. The van der Waals surface area contributed by atoms with E-state index in [9.17, 15) is 24.3 Å². The fourth-order valence-electron chi connectivity index (χ4n) is 2.17. The van der Waals surface area contributed by atoms with Crippen molar-refractivity contribution in [1.29, 1.82) is 0 Å². The van der Waals surface area contributed by atoms with Crippen LogP contribution in [0.4, 0.5) is 0 Å². The number of nitrogens with one attached hydrogen (secondary N) is 3. The van der Waals surface area contributed by atoms with E-state index in [1.807, 2.05) is 0 Å². The van der Waals surface area contributed by atoms with Gasteiger partial charge in [-0.25, -0.2) is 4.79 Å². The Morgan fingerprint density at radius 1 is 0.964 bits per heavy atom. The molecule has 12 heteroatoms. The number of aliphatic carboxylic acids is 1. The molecule has 0 rings (SSSR count). The van der Waals surface area contributed by atoms with Crippen LogP contribution in [0.5, 0.6) is 0 Å². The molecule has 0 heterocycles. The van der Waals surface area contributed by atoms with Crippen LogP contribution in [0.1, 0.15) is 33.1 Å². The summed E-state index contributed by atoms with van der Waals surface area (Å²) < 4.78 is 0. The molecule has 5 atom stereocenters. The number of aliphatic hydroxyl groups is 2. The third-order valence-corrected chi connectivity index (χ3v) is 3.91. The lowest BCUT2D eigenvalue weighted by Crippen LogP contribution is -2.57. The van der Waals surface area contributed by atoms with E-state index in [1.165, 1.54) is 13.8 Å². The molecule has 0 saturated carbocycles. The first-order chi connectivity index (χ1) is 13.0. The summed E-state index contributed by atoms with van der Waals surface area (Å²) in [6.07, 6.45) is 0.0170. The predicted molar refractivity (Wildman–Crippen MR) is 98.7 cm³/mol. The lowest BCUT2D eigenvalue weighted by Gasteiger charge is -2.24. The summed E-state index contributed by atoms with van der Waals surface area (Å²) in [6.45, 7) is 2.33. The van der Waals surface area contributed by atoms with Crippen LogP contribution >= 0.6 is 0 Å². The molecule has 3 amide bonds. The second kappa shape index (κ2) is 13.0. The van der Waals surface area contributed by atoms with Crippen molar-refractivity contribution < 1.29 is 34.5 Å². The summed E-state index contributed by atoms with van der Waals surface area (Å²) in [7, 11) is 0. The number of hydrogen-bond acceptors (Lipinski definition) is 8. The molecule has 162 valence electrons. The molecule has 0 fully saturated rings. The number of unbranched alkanes of at least 4 members (excludes halogenated alkanes) is 1. The molecule has 0 saturated heterocycles. The first-order valence-electron chi connectivity index (χ1n) is 8.93. The molecule has 0 aromatic rings. The molecule has 0 aliphatic carbocycles. The average molecular weight is 405 g/mol. The zero-order valence-electron chi connectivity index (χ0n) is 16.1. The zero-order chi connectivity index (χ0) is 21.9. The highest BCUT2D eigenvalue weighted by Gasteiger charge is 2.29. The fraction of sp³-hybridized carbons (Fsp3) is 0.750. The van der Waals surface area contributed by atoms with Crippen LogP contribution in [-0.4, -0.2) is 82.4 Å². The van der Waals surface area contributed by atoms with Crippen molar-refractivity contribution >= 4 is 23.7 Å². The molecule has 0 spiro atoms. The average Bonchev–Trinajstić information content (AvgIpc) is 2.63. The van der Waals surface area contributed by atoms with E-state index >= 15 is 0 Å². The smallest absolute Gasteiger partial charge is 0.328 e. The Bertz CT molecular complexity index is 543. The van der Waals surface area contributed by atoms with Gasteiger partial charge in [-0.3, -0.25) is 14.4 Å². The molecule has 0 bridgehead atoms. The Balaban J connectivity index is 4.98. The number of carbonyl (C=O) groups is 4. The van der Waals surface area contributed by atoms with Gasteiger partial charge in [0.2, 0.25) is 17.7 Å². The van der Waals surface area contributed by atoms with Crippen molar-refractivity contribution in [2.24, 2.45) is 11.5 Å². The van der Waals surface area contributed by atoms with Gasteiger partial charge in [0.05, 0.1) is 12.7 Å². The standard InChI is InChI=1S/C16H31N5O7/c1-8(13(24)21-12(9(2)23)16(27)28)19-15(26)11(5-3-4-6-17)20-14(25)10(18)7-22/h8-12,22-23H,3-7,17-18H2,1-2H3,(H,19,26)(H,20,25)(H,21,24)(H,27,28). The summed E-state index contributed by atoms with van der Waals surface area (Å²) in [5.74, 6) is -3.65. The van der Waals surface area contributed by atoms with Crippen molar-refractivity contribution in [2.75, 3.05) is 13.2 Å². The van der Waals surface area contributed by atoms with Crippen molar-refractivity contribution in [3.05, 3.63) is 0 Å². The summed E-state index contributed by atoms with van der Waals surface area (Å²) in [6, 6.07) is -4.88. The first-order valence-corrected chi connectivity index (χ1v) is 8.93. The Labute approximate surface area is 163 Å². The largest absolute Gasteiger partial charge is 0.480 e. The molecule has 0 radical (unpaired) electrons. The Hall–Kier alpha value is -2.28. The molecule has 28 heavy (non-hydrogen) atoms. The second-order valence-corrected chi connectivity index (χ2v) is 6.43. The van der Waals surface area contributed by atoms with E-state index in [0.29, 0.717) is 19.4 Å². The van der Waals surface area contributed by atoms with Gasteiger partial charge in [0, 0.05) is 0 Å². The van der Waals surface area contributed by atoms with Crippen LogP contribution in [0, 0.1) is 0 Å². The predicted octanol–water partition coefficient (Wildman–Crippen LogP) is -3.63. The Kier molecular flexibility index (Phi) is 11.9. The zero-order valence-corrected chi connectivity index (χ0v) is 16.1. The normalized spacial score (nSPS) is 16.2. The van der Waals surface area contributed by atoms with E-state index < -0.39 is 60.6 Å². The maximum absolute atomic E-state index is 12.4. The van der Waals surface area contributed by atoms with Crippen molar-refractivity contribution in [3.8, 4) is 0 Å². The molecule has 5 unspecified atom stereocenters. The molecule has 0 aromatic carbocycles. The quantitative estimate of drug-likeness (QED) is 0.142. The van der Waals surface area contributed by atoms with Gasteiger partial charge in [0.15, 0.2) is 6.04 Å².